The number of carbonyl (C=O) groups excluding carboxylic acids is 1. The number of carbonyl (C=O) groups is 1. The molecule has 0 atom stereocenters. The molecule has 1 N–H and O–H groups in total. The summed E-state index contributed by atoms with van der Waals surface area (Å²) in [6.45, 7) is 3.20. The van der Waals surface area contributed by atoms with Crippen LogP contribution in [0.5, 0.6) is 0 Å². The van der Waals surface area contributed by atoms with Crippen molar-refractivity contribution in [3.63, 3.8) is 0 Å². The molecule has 0 saturated heterocycles. The number of hydrogen-bond donors (Lipinski definition) is 1. The Morgan fingerprint density at radius 1 is 1.26 bits per heavy atom. The molecule has 118 valence electrons. The second-order valence-electron chi connectivity index (χ2n) is 5.20. The average molecular weight is 326 g/mol. The second kappa shape index (κ2) is 7.28. The summed E-state index contributed by atoms with van der Waals surface area (Å²) in [5.74, 6) is 0.368. The van der Waals surface area contributed by atoms with E-state index in [9.17, 15) is 4.79 Å². The minimum absolute atomic E-state index is 0.00797. The normalized spacial score (nSPS) is 10.8. The van der Waals surface area contributed by atoms with Crippen molar-refractivity contribution >= 4 is 28.4 Å². The Bertz CT molecular complexity index is 810. The molecule has 0 aliphatic heterocycles. The van der Waals surface area contributed by atoms with Crippen LogP contribution in [0.4, 0.5) is 0 Å². The minimum atomic E-state index is 0.00797. The Balaban J connectivity index is 1.50. The smallest absolute Gasteiger partial charge is 0.230 e. The number of rotatable bonds is 6. The van der Waals surface area contributed by atoms with E-state index in [1.54, 1.807) is 6.20 Å². The van der Waals surface area contributed by atoms with Gasteiger partial charge < -0.3 is 5.32 Å². The van der Waals surface area contributed by atoms with E-state index in [-0.39, 0.29) is 5.91 Å². The summed E-state index contributed by atoms with van der Waals surface area (Å²) >= 11 is 1.46. The summed E-state index contributed by atoms with van der Waals surface area (Å²) in [6, 6.07) is 12.0. The van der Waals surface area contributed by atoms with Crippen molar-refractivity contribution in [2.75, 3.05) is 12.3 Å². The fourth-order valence-electron chi connectivity index (χ4n) is 2.29. The molecule has 0 radical (unpaired) electrons. The molecule has 6 heteroatoms. The molecule has 0 fully saturated rings. The number of fused-ring (bicyclic) bond motifs is 1. The van der Waals surface area contributed by atoms with Gasteiger partial charge in [-0.2, -0.15) is 5.10 Å². The molecule has 1 amide bonds. The van der Waals surface area contributed by atoms with Crippen LogP contribution in [0.3, 0.4) is 0 Å². The molecule has 23 heavy (non-hydrogen) atoms. The first-order chi connectivity index (χ1) is 11.2. The Morgan fingerprint density at radius 3 is 2.96 bits per heavy atom. The fourth-order valence-corrected chi connectivity index (χ4v) is 3.14. The van der Waals surface area contributed by atoms with Gasteiger partial charge in [-0.25, -0.2) is 4.98 Å². The molecule has 0 aliphatic rings. The van der Waals surface area contributed by atoms with E-state index in [0.29, 0.717) is 18.8 Å². The van der Waals surface area contributed by atoms with Crippen molar-refractivity contribution in [1.82, 2.24) is 20.1 Å². The summed E-state index contributed by atoms with van der Waals surface area (Å²) in [7, 11) is 0. The number of thioether (sulfide) groups is 1. The largest absolute Gasteiger partial charge is 0.354 e. The molecule has 3 rings (SSSR count). The lowest BCUT2D eigenvalue weighted by Crippen LogP contribution is -2.28. The number of aromatic nitrogens is 3. The lowest BCUT2D eigenvalue weighted by molar-refractivity contribution is -0.118. The quantitative estimate of drug-likeness (QED) is 0.708. The first-order valence-electron chi connectivity index (χ1n) is 7.46. The van der Waals surface area contributed by atoms with Gasteiger partial charge in [-0.15, -0.1) is 0 Å². The van der Waals surface area contributed by atoms with Crippen LogP contribution in [-0.4, -0.2) is 33.0 Å². The third-order valence-electron chi connectivity index (χ3n) is 3.41. The van der Waals surface area contributed by atoms with Crippen molar-refractivity contribution < 1.29 is 4.79 Å². The Morgan fingerprint density at radius 2 is 2.13 bits per heavy atom. The molecule has 0 bridgehead atoms. The molecule has 0 aliphatic carbocycles. The number of pyridine rings is 1. The van der Waals surface area contributed by atoms with Crippen LogP contribution in [0, 0.1) is 6.92 Å². The van der Waals surface area contributed by atoms with Crippen molar-refractivity contribution in [3.05, 3.63) is 54.5 Å². The van der Waals surface area contributed by atoms with Crippen molar-refractivity contribution in [1.29, 1.82) is 0 Å². The van der Waals surface area contributed by atoms with Crippen LogP contribution in [0.1, 0.15) is 5.69 Å². The van der Waals surface area contributed by atoms with E-state index in [1.165, 1.54) is 11.8 Å². The van der Waals surface area contributed by atoms with Gasteiger partial charge in [0.2, 0.25) is 5.91 Å². The lowest BCUT2D eigenvalue weighted by Gasteiger charge is -2.07. The molecule has 2 heterocycles. The van der Waals surface area contributed by atoms with Crippen molar-refractivity contribution in [3.8, 4) is 0 Å². The summed E-state index contributed by atoms with van der Waals surface area (Å²) in [5, 5.41) is 10.3. The maximum absolute atomic E-state index is 12.0. The van der Waals surface area contributed by atoms with Gasteiger partial charge >= 0.3 is 0 Å². The van der Waals surface area contributed by atoms with Gasteiger partial charge in [0.15, 0.2) is 0 Å². The van der Waals surface area contributed by atoms with E-state index < -0.39 is 0 Å². The second-order valence-corrected chi connectivity index (χ2v) is 6.16. The maximum Gasteiger partial charge on any atom is 0.230 e. The molecule has 5 nitrogen and oxygen atoms in total. The summed E-state index contributed by atoms with van der Waals surface area (Å²) < 4.78 is 1.83. The Labute approximate surface area is 139 Å². The van der Waals surface area contributed by atoms with E-state index >= 15 is 0 Å². The van der Waals surface area contributed by atoms with Gasteiger partial charge in [-0.05, 0) is 24.4 Å². The van der Waals surface area contributed by atoms with Crippen LogP contribution in [0.25, 0.3) is 10.8 Å². The number of nitrogens with zero attached hydrogens (tertiary/aromatic N) is 3. The molecule has 0 saturated carbocycles. The van der Waals surface area contributed by atoms with Gasteiger partial charge in [0.25, 0.3) is 0 Å². The van der Waals surface area contributed by atoms with E-state index in [1.807, 2.05) is 54.2 Å². The highest BCUT2D eigenvalue weighted by molar-refractivity contribution is 8.00. The summed E-state index contributed by atoms with van der Waals surface area (Å²) in [5.41, 5.74) is 0.980. The third-order valence-corrected chi connectivity index (χ3v) is 4.42. The van der Waals surface area contributed by atoms with Crippen LogP contribution in [0.2, 0.25) is 0 Å². The van der Waals surface area contributed by atoms with E-state index in [4.69, 9.17) is 0 Å². The molecule has 2 aromatic heterocycles. The van der Waals surface area contributed by atoms with Crippen LogP contribution >= 0.6 is 11.8 Å². The van der Waals surface area contributed by atoms with E-state index in [0.717, 1.165) is 21.5 Å². The predicted molar refractivity (Wildman–Crippen MR) is 92.4 cm³/mol. The molecule has 3 aromatic rings. The van der Waals surface area contributed by atoms with Crippen LogP contribution in [0.15, 0.2) is 53.8 Å². The van der Waals surface area contributed by atoms with Gasteiger partial charge in [-0.1, -0.05) is 36.0 Å². The van der Waals surface area contributed by atoms with Crippen LogP contribution < -0.4 is 5.32 Å². The number of benzene rings is 1. The zero-order chi connectivity index (χ0) is 16.1. The standard InChI is InChI=1S/C17H18N4OS/c1-13-7-10-21(20-13)11-9-18-16(22)12-23-17-15-5-3-2-4-14(15)6-8-19-17/h2-8,10H,9,11-12H2,1H3,(H,18,22). The van der Waals surface area contributed by atoms with Crippen molar-refractivity contribution in [2.24, 2.45) is 0 Å². The van der Waals surface area contributed by atoms with Gasteiger partial charge in [0.05, 0.1) is 18.0 Å². The summed E-state index contributed by atoms with van der Waals surface area (Å²) in [6.07, 6.45) is 3.69. The zero-order valence-electron chi connectivity index (χ0n) is 12.9. The highest BCUT2D eigenvalue weighted by Gasteiger charge is 2.06. The lowest BCUT2D eigenvalue weighted by atomic mass is 10.2. The zero-order valence-corrected chi connectivity index (χ0v) is 13.7. The highest BCUT2D eigenvalue weighted by atomic mass is 32.2. The predicted octanol–water partition coefficient (Wildman–Crippen LogP) is 2.65. The topological polar surface area (TPSA) is 59.8 Å². The van der Waals surface area contributed by atoms with Crippen molar-refractivity contribution in [2.45, 2.75) is 18.5 Å². The number of aryl methyl sites for hydroxylation is 1. The molecular weight excluding hydrogens is 308 g/mol. The van der Waals surface area contributed by atoms with Gasteiger partial charge in [0.1, 0.15) is 5.03 Å². The van der Waals surface area contributed by atoms with Crippen LogP contribution in [-0.2, 0) is 11.3 Å². The minimum Gasteiger partial charge on any atom is -0.354 e. The Kier molecular flexibility index (Phi) is 4.92. The monoisotopic (exact) mass is 326 g/mol. The highest BCUT2D eigenvalue weighted by Crippen LogP contribution is 2.25. The third kappa shape index (κ3) is 4.10. The molecular formula is C17H18N4OS. The SMILES string of the molecule is Cc1ccn(CCNC(=O)CSc2nccc3ccccc23)n1. The van der Waals surface area contributed by atoms with E-state index in [2.05, 4.69) is 15.4 Å². The molecule has 0 unspecified atom stereocenters. The molecule has 0 spiro atoms. The number of amides is 1. The summed E-state index contributed by atoms with van der Waals surface area (Å²) in [4.78, 5) is 16.3. The first kappa shape index (κ1) is 15.6. The molecule has 1 aromatic carbocycles. The Hall–Kier alpha value is -2.34. The number of nitrogens with one attached hydrogen (secondary N) is 1. The number of hydrogen-bond acceptors (Lipinski definition) is 4. The van der Waals surface area contributed by atoms with Gasteiger partial charge in [-0.3, -0.25) is 9.48 Å². The maximum atomic E-state index is 12.0. The fraction of sp³-hybridized carbons (Fsp3) is 0.235. The first-order valence-corrected chi connectivity index (χ1v) is 8.44. The average Bonchev–Trinajstić information content (AvgIpc) is 2.98. The van der Waals surface area contributed by atoms with Gasteiger partial charge in [0, 0.05) is 24.3 Å².